The summed E-state index contributed by atoms with van der Waals surface area (Å²) in [5.74, 6) is -2.11. The van der Waals surface area contributed by atoms with Gasteiger partial charge in [0.1, 0.15) is 5.75 Å². The van der Waals surface area contributed by atoms with Crippen LogP contribution in [0.15, 0.2) is 72.0 Å². The minimum Gasteiger partial charge on any atom is -0.507 e. The second-order valence-corrected chi connectivity index (χ2v) is 8.15. The molecule has 1 aromatic heterocycles. The standard InChI is InChI=1S/C26H22N2O6/c1-33-24(31)19-13-15(22(30)18-8-4-6-10-21(18)29)14-28-12-11-17-16-7-3-5-9-20(16)27-23(17)26(19,28)25(32)34-2/h3-10,13-14,27,29H,11-12H2,1-2H3/t26-/m1/s1. The van der Waals surface area contributed by atoms with E-state index in [4.69, 9.17) is 9.47 Å². The molecule has 0 saturated carbocycles. The Kier molecular flexibility index (Phi) is 5.01. The van der Waals surface area contributed by atoms with E-state index in [1.54, 1.807) is 23.2 Å². The van der Waals surface area contributed by atoms with Crippen molar-refractivity contribution < 1.29 is 29.0 Å². The lowest BCUT2D eigenvalue weighted by Gasteiger charge is -2.46. The van der Waals surface area contributed by atoms with Gasteiger partial charge in [0.2, 0.25) is 5.54 Å². The Morgan fingerprint density at radius 1 is 1.03 bits per heavy atom. The summed E-state index contributed by atoms with van der Waals surface area (Å²) in [6.45, 7) is 0.343. The summed E-state index contributed by atoms with van der Waals surface area (Å²) in [5.41, 5.74) is 0.753. The molecule has 172 valence electrons. The fourth-order valence-corrected chi connectivity index (χ4v) is 4.97. The maximum Gasteiger partial charge on any atom is 0.343 e. The zero-order chi connectivity index (χ0) is 24.0. The molecule has 34 heavy (non-hydrogen) atoms. The van der Waals surface area contributed by atoms with Crippen LogP contribution >= 0.6 is 0 Å². The molecule has 3 aromatic rings. The van der Waals surface area contributed by atoms with Gasteiger partial charge in [-0.15, -0.1) is 0 Å². The number of rotatable bonds is 4. The van der Waals surface area contributed by atoms with E-state index in [1.807, 2.05) is 24.3 Å². The van der Waals surface area contributed by atoms with Gasteiger partial charge in [-0.3, -0.25) is 4.79 Å². The van der Waals surface area contributed by atoms with Crippen molar-refractivity contribution in [1.82, 2.24) is 9.88 Å². The Labute approximate surface area is 195 Å². The largest absolute Gasteiger partial charge is 0.507 e. The first-order valence-corrected chi connectivity index (χ1v) is 10.7. The minimum atomic E-state index is -1.66. The summed E-state index contributed by atoms with van der Waals surface area (Å²) in [5, 5.41) is 11.1. The lowest BCUT2D eigenvalue weighted by atomic mass is 9.75. The van der Waals surface area contributed by atoms with Crippen LogP contribution in [0.4, 0.5) is 0 Å². The number of methoxy groups -OCH3 is 2. The predicted octanol–water partition coefficient (Wildman–Crippen LogP) is 2.98. The monoisotopic (exact) mass is 458 g/mol. The second kappa shape index (κ2) is 7.91. The molecule has 0 fully saturated rings. The number of ether oxygens (including phenoxy) is 2. The quantitative estimate of drug-likeness (QED) is 0.457. The number of aromatic amines is 1. The number of H-pyrrole nitrogens is 1. The van der Waals surface area contributed by atoms with Gasteiger partial charge in [-0.1, -0.05) is 30.3 Å². The number of Topliss-reactive ketones (excluding diaryl/α,β-unsaturated/α-hetero) is 1. The molecular formula is C26H22N2O6. The van der Waals surface area contributed by atoms with Gasteiger partial charge in [-0.25, -0.2) is 9.59 Å². The van der Waals surface area contributed by atoms with Crippen LogP contribution < -0.4 is 0 Å². The molecule has 8 nitrogen and oxygen atoms in total. The third kappa shape index (κ3) is 2.88. The molecule has 2 aliphatic heterocycles. The lowest BCUT2D eigenvalue weighted by Crippen LogP contribution is -2.58. The first kappa shape index (κ1) is 21.5. The van der Waals surface area contributed by atoms with Gasteiger partial charge in [0.15, 0.2) is 5.78 Å². The summed E-state index contributed by atoms with van der Waals surface area (Å²) in [6.07, 6.45) is 3.47. The maximum absolute atomic E-state index is 13.5. The van der Waals surface area contributed by atoms with Crippen LogP contribution in [0.25, 0.3) is 10.9 Å². The summed E-state index contributed by atoms with van der Waals surface area (Å²) in [7, 11) is 2.48. The van der Waals surface area contributed by atoms with Crippen LogP contribution in [0.5, 0.6) is 5.75 Å². The molecule has 0 bridgehead atoms. The maximum atomic E-state index is 13.5. The number of nitrogens with zero attached hydrogens (tertiary/aromatic N) is 1. The van der Waals surface area contributed by atoms with E-state index >= 15 is 0 Å². The third-order valence-electron chi connectivity index (χ3n) is 6.49. The molecule has 0 aliphatic carbocycles. The number of carbonyl (C=O) groups is 3. The first-order chi connectivity index (χ1) is 16.4. The Bertz CT molecular complexity index is 1420. The highest BCUT2D eigenvalue weighted by molar-refractivity contribution is 6.14. The zero-order valence-corrected chi connectivity index (χ0v) is 18.6. The normalized spacial score (nSPS) is 18.9. The summed E-state index contributed by atoms with van der Waals surface area (Å²) in [4.78, 5) is 44.9. The number of carbonyl (C=O) groups excluding carboxylic acids is 3. The van der Waals surface area contributed by atoms with Crippen molar-refractivity contribution >= 4 is 28.6 Å². The van der Waals surface area contributed by atoms with E-state index in [1.165, 1.54) is 32.4 Å². The fourth-order valence-electron chi connectivity index (χ4n) is 4.97. The van der Waals surface area contributed by atoms with Crippen molar-refractivity contribution in [2.45, 2.75) is 12.0 Å². The molecule has 0 spiro atoms. The topological polar surface area (TPSA) is 109 Å². The smallest absolute Gasteiger partial charge is 0.343 e. The number of aromatic nitrogens is 1. The molecule has 0 radical (unpaired) electrons. The number of phenols is 1. The number of fused-ring (bicyclic) bond motifs is 5. The van der Waals surface area contributed by atoms with Crippen LogP contribution in [0.3, 0.4) is 0 Å². The second-order valence-electron chi connectivity index (χ2n) is 8.15. The highest BCUT2D eigenvalue weighted by Crippen LogP contribution is 2.47. The van der Waals surface area contributed by atoms with Crippen molar-refractivity contribution in [1.29, 1.82) is 0 Å². The van der Waals surface area contributed by atoms with Gasteiger partial charge in [0.05, 0.1) is 31.1 Å². The van der Waals surface area contributed by atoms with E-state index in [-0.39, 0.29) is 22.5 Å². The third-order valence-corrected chi connectivity index (χ3v) is 6.49. The number of aromatic hydroxyl groups is 1. The Hall–Kier alpha value is -4.33. The van der Waals surface area contributed by atoms with Crippen molar-refractivity contribution in [3.8, 4) is 5.75 Å². The number of ketones is 1. The number of para-hydroxylation sites is 2. The average Bonchev–Trinajstić information content (AvgIpc) is 3.26. The van der Waals surface area contributed by atoms with Crippen LogP contribution in [-0.4, -0.2) is 53.5 Å². The molecule has 0 saturated heterocycles. The van der Waals surface area contributed by atoms with Gasteiger partial charge in [-0.2, -0.15) is 0 Å². The van der Waals surface area contributed by atoms with Gasteiger partial charge < -0.3 is 24.5 Å². The fraction of sp³-hybridized carbons (Fsp3) is 0.192. The number of hydrogen-bond donors (Lipinski definition) is 2. The van der Waals surface area contributed by atoms with Crippen molar-refractivity contribution in [3.05, 3.63) is 88.8 Å². The van der Waals surface area contributed by atoms with Crippen LogP contribution in [-0.2, 0) is 31.0 Å². The SMILES string of the molecule is COC(=O)C1=CC(C(=O)c2ccccc2O)=CN2CCc3c([nH]c4ccccc34)[C@@]12C(=O)OC. The molecule has 0 amide bonds. The number of benzene rings is 2. The van der Waals surface area contributed by atoms with Gasteiger partial charge in [-0.05, 0) is 36.3 Å². The first-order valence-electron chi connectivity index (χ1n) is 10.7. The average molecular weight is 458 g/mol. The lowest BCUT2D eigenvalue weighted by molar-refractivity contribution is -0.156. The molecule has 1 atom stereocenters. The molecule has 2 aliphatic rings. The summed E-state index contributed by atoms with van der Waals surface area (Å²) < 4.78 is 10.3. The molecule has 2 aromatic carbocycles. The highest BCUT2D eigenvalue weighted by Gasteiger charge is 2.58. The van der Waals surface area contributed by atoms with Crippen molar-refractivity contribution in [3.63, 3.8) is 0 Å². The highest BCUT2D eigenvalue weighted by atomic mass is 16.5. The van der Waals surface area contributed by atoms with Gasteiger partial charge in [0, 0.05) is 29.2 Å². The molecular weight excluding hydrogens is 436 g/mol. The molecule has 3 heterocycles. The van der Waals surface area contributed by atoms with Gasteiger partial charge >= 0.3 is 11.9 Å². The Morgan fingerprint density at radius 2 is 1.76 bits per heavy atom. The van der Waals surface area contributed by atoms with E-state index in [0.717, 1.165) is 16.5 Å². The number of hydrogen-bond acceptors (Lipinski definition) is 7. The molecule has 8 heteroatoms. The summed E-state index contributed by atoms with van der Waals surface area (Å²) in [6, 6.07) is 13.8. The Balaban J connectivity index is 1.77. The van der Waals surface area contributed by atoms with E-state index in [0.29, 0.717) is 18.7 Å². The molecule has 5 rings (SSSR count). The van der Waals surface area contributed by atoms with Crippen LogP contribution in [0, 0.1) is 0 Å². The van der Waals surface area contributed by atoms with Crippen LogP contribution in [0.1, 0.15) is 21.6 Å². The number of phenolic OH excluding ortho intramolecular Hbond substituents is 1. The van der Waals surface area contributed by atoms with Crippen molar-refractivity contribution in [2.75, 3.05) is 20.8 Å². The summed E-state index contributed by atoms with van der Waals surface area (Å²) >= 11 is 0. The minimum absolute atomic E-state index is 0.0457. The van der Waals surface area contributed by atoms with Gasteiger partial charge in [0.25, 0.3) is 0 Å². The zero-order valence-electron chi connectivity index (χ0n) is 18.6. The molecule has 2 N–H and O–H groups in total. The number of nitrogens with one attached hydrogen (secondary N) is 1. The number of esters is 2. The predicted molar refractivity (Wildman–Crippen MR) is 123 cm³/mol. The van der Waals surface area contributed by atoms with Crippen LogP contribution in [0.2, 0.25) is 0 Å². The molecule has 0 unspecified atom stereocenters. The number of allylic oxidation sites excluding steroid dienone is 2. The van der Waals surface area contributed by atoms with E-state index < -0.39 is 23.3 Å². The van der Waals surface area contributed by atoms with E-state index in [9.17, 15) is 19.5 Å². The Morgan fingerprint density at radius 3 is 2.50 bits per heavy atom. The van der Waals surface area contributed by atoms with Crippen molar-refractivity contribution in [2.24, 2.45) is 0 Å². The van der Waals surface area contributed by atoms with E-state index in [2.05, 4.69) is 4.98 Å².